The molecule has 1 aromatic carbocycles. The minimum atomic E-state index is -1.26. The number of hydrogen-bond donors (Lipinski definition) is 0. The van der Waals surface area contributed by atoms with Gasteiger partial charge in [0.1, 0.15) is 0 Å². The Labute approximate surface area is 87.0 Å². The topological polar surface area (TPSA) is 53.0 Å². The number of nitrogens with zero attached hydrogens (tertiary/aromatic N) is 1. The number of pyridine rings is 1. The largest absolute Gasteiger partial charge is 0.543 e. The van der Waals surface area contributed by atoms with Crippen LogP contribution < -0.4 is 5.11 Å². The minimum Gasteiger partial charge on any atom is -0.543 e. The summed E-state index contributed by atoms with van der Waals surface area (Å²) >= 11 is 0. The van der Waals surface area contributed by atoms with Gasteiger partial charge in [0.25, 0.3) is 0 Å². The molecule has 0 aliphatic carbocycles. The Morgan fingerprint density at radius 2 is 1.80 bits per heavy atom. The maximum Gasteiger partial charge on any atom is 0.0900 e. The molecule has 3 heteroatoms. The molecule has 0 fully saturated rings. The summed E-state index contributed by atoms with van der Waals surface area (Å²) in [5.41, 5.74) is 1.74. The minimum absolute atomic E-state index is 0.0450. The fourth-order valence-corrected chi connectivity index (χ4v) is 1.35. The van der Waals surface area contributed by atoms with Crippen LogP contribution in [-0.4, -0.2) is 11.0 Å². The summed E-state index contributed by atoms with van der Waals surface area (Å²) in [6, 6.07) is 12.8. The van der Waals surface area contributed by atoms with E-state index in [9.17, 15) is 9.90 Å². The van der Waals surface area contributed by atoms with Gasteiger partial charge in [-0.05, 0) is 23.3 Å². The van der Waals surface area contributed by atoms with Gasteiger partial charge in [-0.1, -0.05) is 30.3 Å². The number of aromatic carboxylic acids is 1. The summed E-state index contributed by atoms with van der Waals surface area (Å²) in [5, 5.41) is 10.6. The van der Waals surface area contributed by atoms with Crippen LogP contribution in [0.2, 0.25) is 0 Å². The van der Waals surface area contributed by atoms with E-state index in [-0.39, 0.29) is 5.69 Å². The molecular formula is C12H8NO2-. The Kier molecular flexibility index (Phi) is 2.46. The van der Waals surface area contributed by atoms with Gasteiger partial charge in [-0.3, -0.25) is 4.98 Å². The highest BCUT2D eigenvalue weighted by molar-refractivity contribution is 5.85. The highest BCUT2D eigenvalue weighted by Gasteiger charge is 1.99. The van der Waals surface area contributed by atoms with Gasteiger partial charge >= 0.3 is 0 Å². The molecule has 0 aliphatic rings. The van der Waals surface area contributed by atoms with E-state index < -0.39 is 5.97 Å². The van der Waals surface area contributed by atoms with Crippen molar-refractivity contribution in [2.24, 2.45) is 0 Å². The van der Waals surface area contributed by atoms with E-state index in [1.165, 1.54) is 12.3 Å². The Hall–Kier alpha value is -2.16. The van der Waals surface area contributed by atoms with E-state index in [0.29, 0.717) is 0 Å². The van der Waals surface area contributed by atoms with Crippen molar-refractivity contribution in [3.63, 3.8) is 0 Å². The zero-order valence-electron chi connectivity index (χ0n) is 7.88. The summed E-state index contributed by atoms with van der Waals surface area (Å²) < 4.78 is 0. The summed E-state index contributed by atoms with van der Waals surface area (Å²) in [5.74, 6) is -1.26. The van der Waals surface area contributed by atoms with Crippen LogP contribution in [0.5, 0.6) is 0 Å². The maximum absolute atomic E-state index is 10.6. The lowest BCUT2D eigenvalue weighted by atomic mass is 10.1. The Bertz CT molecular complexity index is 480. The third-order valence-electron chi connectivity index (χ3n) is 2.08. The monoisotopic (exact) mass is 198 g/mol. The van der Waals surface area contributed by atoms with Crippen LogP contribution in [0.15, 0.2) is 48.7 Å². The number of benzene rings is 1. The van der Waals surface area contributed by atoms with Crippen LogP contribution in [0.25, 0.3) is 11.1 Å². The SMILES string of the molecule is O=C([O-])c1cc(-c2ccccc2)ccn1. The van der Waals surface area contributed by atoms with Gasteiger partial charge in [0.15, 0.2) is 0 Å². The zero-order valence-corrected chi connectivity index (χ0v) is 7.88. The molecule has 0 radical (unpaired) electrons. The number of hydrogen-bond acceptors (Lipinski definition) is 3. The van der Waals surface area contributed by atoms with Crippen LogP contribution in [0.1, 0.15) is 10.5 Å². The van der Waals surface area contributed by atoms with Crippen molar-refractivity contribution >= 4 is 5.97 Å². The summed E-state index contributed by atoms with van der Waals surface area (Å²) in [4.78, 5) is 14.3. The second kappa shape index (κ2) is 3.92. The zero-order chi connectivity index (χ0) is 10.7. The number of aromatic nitrogens is 1. The van der Waals surface area contributed by atoms with Crippen LogP contribution in [-0.2, 0) is 0 Å². The van der Waals surface area contributed by atoms with Gasteiger partial charge in [-0.2, -0.15) is 0 Å². The van der Waals surface area contributed by atoms with E-state index in [2.05, 4.69) is 4.98 Å². The molecule has 0 unspecified atom stereocenters. The molecule has 2 rings (SSSR count). The van der Waals surface area contributed by atoms with Gasteiger partial charge in [-0.25, -0.2) is 0 Å². The lowest BCUT2D eigenvalue weighted by Crippen LogP contribution is -2.23. The highest BCUT2D eigenvalue weighted by atomic mass is 16.4. The van der Waals surface area contributed by atoms with E-state index in [1.807, 2.05) is 30.3 Å². The molecule has 15 heavy (non-hydrogen) atoms. The van der Waals surface area contributed by atoms with E-state index in [0.717, 1.165) is 11.1 Å². The molecule has 0 atom stereocenters. The number of carboxylic acids is 1. The molecule has 0 amide bonds. The first-order valence-corrected chi connectivity index (χ1v) is 4.50. The Morgan fingerprint density at radius 1 is 1.07 bits per heavy atom. The van der Waals surface area contributed by atoms with Gasteiger partial charge in [0.2, 0.25) is 0 Å². The highest BCUT2D eigenvalue weighted by Crippen LogP contribution is 2.18. The van der Waals surface area contributed by atoms with Crippen molar-refractivity contribution in [3.8, 4) is 11.1 Å². The molecule has 2 aromatic rings. The number of carbonyl (C=O) groups excluding carboxylic acids is 1. The molecule has 0 bridgehead atoms. The fraction of sp³-hybridized carbons (Fsp3) is 0. The first kappa shape index (κ1) is 9.40. The standard InChI is InChI=1S/C12H9NO2/c14-12(15)11-8-10(6-7-13-11)9-4-2-1-3-5-9/h1-8H,(H,14,15)/p-1. The molecule has 0 N–H and O–H groups in total. The fourth-order valence-electron chi connectivity index (χ4n) is 1.35. The van der Waals surface area contributed by atoms with Crippen molar-refractivity contribution in [2.45, 2.75) is 0 Å². The van der Waals surface area contributed by atoms with Gasteiger partial charge in [-0.15, -0.1) is 0 Å². The van der Waals surface area contributed by atoms with Crippen molar-refractivity contribution in [1.29, 1.82) is 0 Å². The van der Waals surface area contributed by atoms with Crippen molar-refractivity contribution in [3.05, 3.63) is 54.4 Å². The van der Waals surface area contributed by atoms with E-state index in [1.54, 1.807) is 6.07 Å². The predicted octanol–water partition coefficient (Wildman–Crippen LogP) is 1.11. The molecule has 0 aliphatic heterocycles. The average molecular weight is 198 g/mol. The van der Waals surface area contributed by atoms with Crippen molar-refractivity contribution in [1.82, 2.24) is 4.98 Å². The van der Waals surface area contributed by atoms with Gasteiger partial charge < -0.3 is 9.90 Å². The van der Waals surface area contributed by atoms with Crippen molar-refractivity contribution in [2.75, 3.05) is 0 Å². The lowest BCUT2D eigenvalue weighted by Gasteiger charge is -2.04. The molecule has 0 saturated heterocycles. The summed E-state index contributed by atoms with van der Waals surface area (Å²) in [6.45, 7) is 0. The van der Waals surface area contributed by atoms with Crippen molar-refractivity contribution < 1.29 is 9.90 Å². The van der Waals surface area contributed by atoms with Gasteiger partial charge in [0.05, 0.1) is 11.7 Å². The third-order valence-corrected chi connectivity index (χ3v) is 2.08. The van der Waals surface area contributed by atoms with E-state index in [4.69, 9.17) is 0 Å². The molecule has 3 nitrogen and oxygen atoms in total. The smallest absolute Gasteiger partial charge is 0.0900 e. The van der Waals surface area contributed by atoms with Crippen LogP contribution >= 0.6 is 0 Å². The van der Waals surface area contributed by atoms with Crippen LogP contribution in [0, 0.1) is 0 Å². The molecule has 1 heterocycles. The number of carboxylic acid groups (broad SMARTS) is 1. The quantitative estimate of drug-likeness (QED) is 0.726. The van der Waals surface area contributed by atoms with E-state index >= 15 is 0 Å². The first-order valence-electron chi connectivity index (χ1n) is 4.50. The Balaban J connectivity index is 2.46. The second-order valence-corrected chi connectivity index (χ2v) is 3.08. The third kappa shape index (κ3) is 2.02. The van der Waals surface area contributed by atoms with Crippen LogP contribution in [0.3, 0.4) is 0 Å². The summed E-state index contributed by atoms with van der Waals surface area (Å²) in [6.07, 6.45) is 1.47. The Morgan fingerprint density at radius 3 is 2.47 bits per heavy atom. The number of rotatable bonds is 2. The maximum atomic E-state index is 10.6. The molecule has 0 spiro atoms. The number of carbonyl (C=O) groups is 1. The lowest BCUT2D eigenvalue weighted by molar-refractivity contribution is -0.255. The normalized spacial score (nSPS) is 9.87. The first-order chi connectivity index (χ1) is 7.27. The molecule has 0 saturated carbocycles. The molecule has 74 valence electrons. The average Bonchev–Trinajstić information content (AvgIpc) is 2.30. The summed E-state index contributed by atoms with van der Waals surface area (Å²) in [7, 11) is 0. The van der Waals surface area contributed by atoms with Crippen LogP contribution in [0.4, 0.5) is 0 Å². The van der Waals surface area contributed by atoms with Gasteiger partial charge in [0, 0.05) is 6.20 Å². The molecular weight excluding hydrogens is 190 g/mol. The predicted molar refractivity (Wildman–Crippen MR) is 54.0 cm³/mol. The second-order valence-electron chi connectivity index (χ2n) is 3.08. The molecule has 1 aromatic heterocycles.